The zero-order valence-electron chi connectivity index (χ0n) is 14.7. The smallest absolute Gasteiger partial charge is 0.167 e. The SMILES string of the molecule is COc1cc(OCc2ccccc2)cc(CO)c1OCc1ccccc1. The maximum absolute atomic E-state index is 9.75. The molecule has 0 aliphatic rings. The number of benzene rings is 3. The Balaban J connectivity index is 1.76. The van der Waals surface area contributed by atoms with Gasteiger partial charge < -0.3 is 19.3 Å². The average molecular weight is 350 g/mol. The molecule has 3 aromatic carbocycles. The van der Waals surface area contributed by atoms with Gasteiger partial charge in [0.1, 0.15) is 19.0 Å². The standard InChI is InChI=1S/C22H22O4/c1-24-21-13-20(25-15-17-8-4-2-5-9-17)12-19(14-23)22(21)26-16-18-10-6-3-7-11-18/h2-13,23H,14-16H2,1H3. The molecule has 4 heteroatoms. The van der Waals surface area contributed by atoms with Crippen molar-refractivity contribution in [1.29, 1.82) is 0 Å². The minimum Gasteiger partial charge on any atom is -0.493 e. The van der Waals surface area contributed by atoms with Gasteiger partial charge in [0.2, 0.25) is 0 Å². The van der Waals surface area contributed by atoms with Crippen LogP contribution < -0.4 is 14.2 Å². The number of aliphatic hydroxyl groups is 1. The second kappa shape index (κ2) is 8.92. The number of ether oxygens (including phenoxy) is 3. The van der Waals surface area contributed by atoms with Crippen molar-refractivity contribution < 1.29 is 19.3 Å². The van der Waals surface area contributed by atoms with Crippen LogP contribution >= 0.6 is 0 Å². The van der Waals surface area contributed by atoms with Crippen LogP contribution in [0, 0.1) is 0 Å². The van der Waals surface area contributed by atoms with E-state index in [1.807, 2.05) is 60.7 Å². The minimum absolute atomic E-state index is 0.164. The molecule has 0 atom stereocenters. The third-order valence-corrected chi connectivity index (χ3v) is 3.97. The Bertz CT molecular complexity index is 791. The number of aliphatic hydroxyl groups excluding tert-OH is 1. The molecule has 0 bridgehead atoms. The largest absolute Gasteiger partial charge is 0.493 e. The van der Waals surface area contributed by atoms with E-state index in [2.05, 4.69) is 0 Å². The van der Waals surface area contributed by atoms with Gasteiger partial charge in [-0.1, -0.05) is 60.7 Å². The fourth-order valence-corrected chi connectivity index (χ4v) is 2.62. The molecule has 0 unspecified atom stereocenters. The average Bonchev–Trinajstić information content (AvgIpc) is 2.72. The monoisotopic (exact) mass is 350 g/mol. The lowest BCUT2D eigenvalue weighted by Gasteiger charge is -2.16. The van der Waals surface area contributed by atoms with Gasteiger partial charge in [-0.25, -0.2) is 0 Å². The van der Waals surface area contributed by atoms with Crippen molar-refractivity contribution in [2.24, 2.45) is 0 Å². The van der Waals surface area contributed by atoms with Gasteiger partial charge in [-0.3, -0.25) is 0 Å². The summed E-state index contributed by atoms with van der Waals surface area (Å²) in [7, 11) is 1.58. The summed E-state index contributed by atoms with van der Waals surface area (Å²) in [6.07, 6.45) is 0. The van der Waals surface area contributed by atoms with Gasteiger partial charge in [0.25, 0.3) is 0 Å². The second-order valence-corrected chi connectivity index (χ2v) is 5.82. The van der Waals surface area contributed by atoms with Crippen LogP contribution in [0.4, 0.5) is 0 Å². The van der Waals surface area contributed by atoms with E-state index in [1.165, 1.54) is 0 Å². The first-order chi connectivity index (χ1) is 12.8. The van der Waals surface area contributed by atoms with Crippen molar-refractivity contribution in [3.8, 4) is 17.2 Å². The van der Waals surface area contributed by atoms with Crippen molar-refractivity contribution in [1.82, 2.24) is 0 Å². The van der Waals surface area contributed by atoms with Gasteiger partial charge in [0.15, 0.2) is 11.5 Å². The van der Waals surface area contributed by atoms with E-state index in [4.69, 9.17) is 14.2 Å². The third kappa shape index (κ3) is 4.55. The Morgan fingerprint density at radius 1 is 0.769 bits per heavy atom. The fraction of sp³-hybridized carbons (Fsp3) is 0.182. The summed E-state index contributed by atoms with van der Waals surface area (Å²) in [5.41, 5.74) is 2.74. The predicted molar refractivity (Wildman–Crippen MR) is 100 cm³/mol. The summed E-state index contributed by atoms with van der Waals surface area (Å²) < 4.78 is 17.2. The predicted octanol–water partition coefficient (Wildman–Crippen LogP) is 4.35. The first-order valence-corrected chi connectivity index (χ1v) is 8.45. The normalized spacial score (nSPS) is 10.4. The van der Waals surface area contributed by atoms with Crippen molar-refractivity contribution in [3.05, 3.63) is 89.5 Å². The summed E-state index contributed by atoms with van der Waals surface area (Å²) in [6, 6.07) is 23.3. The summed E-state index contributed by atoms with van der Waals surface area (Å²) >= 11 is 0. The van der Waals surface area contributed by atoms with Gasteiger partial charge >= 0.3 is 0 Å². The van der Waals surface area contributed by atoms with Crippen LogP contribution in [0.5, 0.6) is 17.2 Å². The summed E-state index contributed by atoms with van der Waals surface area (Å²) in [5, 5.41) is 9.75. The van der Waals surface area contributed by atoms with Crippen LogP contribution in [0.25, 0.3) is 0 Å². The highest BCUT2D eigenvalue weighted by Crippen LogP contribution is 2.36. The Kier molecular flexibility index (Phi) is 6.12. The molecule has 0 aliphatic carbocycles. The molecule has 0 spiro atoms. The van der Waals surface area contributed by atoms with E-state index in [-0.39, 0.29) is 6.61 Å². The molecule has 26 heavy (non-hydrogen) atoms. The third-order valence-electron chi connectivity index (χ3n) is 3.97. The molecule has 0 fully saturated rings. The topological polar surface area (TPSA) is 47.9 Å². The molecule has 0 saturated heterocycles. The van der Waals surface area contributed by atoms with Gasteiger partial charge in [-0.05, 0) is 17.2 Å². The van der Waals surface area contributed by atoms with Crippen LogP contribution in [0.1, 0.15) is 16.7 Å². The first kappa shape index (κ1) is 17.8. The van der Waals surface area contributed by atoms with Crippen LogP contribution in [0.3, 0.4) is 0 Å². The van der Waals surface area contributed by atoms with Crippen LogP contribution in [0.15, 0.2) is 72.8 Å². The number of hydrogen-bond donors (Lipinski definition) is 1. The highest BCUT2D eigenvalue weighted by Gasteiger charge is 2.14. The molecule has 134 valence electrons. The zero-order chi connectivity index (χ0) is 18.2. The maximum Gasteiger partial charge on any atom is 0.167 e. The highest BCUT2D eigenvalue weighted by molar-refractivity contribution is 5.51. The van der Waals surface area contributed by atoms with Crippen LogP contribution in [-0.4, -0.2) is 12.2 Å². The molecule has 1 N–H and O–H groups in total. The molecule has 0 amide bonds. The molecule has 3 rings (SSSR count). The Labute approximate surface area is 153 Å². The minimum atomic E-state index is -0.164. The molecule has 0 aromatic heterocycles. The quantitative estimate of drug-likeness (QED) is 0.656. The molecule has 0 radical (unpaired) electrons. The molecule has 0 heterocycles. The molecule has 4 nitrogen and oxygen atoms in total. The number of methoxy groups -OCH3 is 1. The van der Waals surface area contributed by atoms with Gasteiger partial charge in [0, 0.05) is 11.6 Å². The van der Waals surface area contributed by atoms with E-state index in [0.29, 0.717) is 36.0 Å². The lowest BCUT2D eigenvalue weighted by molar-refractivity contribution is 0.245. The zero-order valence-corrected chi connectivity index (χ0v) is 14.7. The molecule has 0 saturated carbocycles. The number of hydrogen-bond acceptors (Lipinski definition) is 4. The Morgan fingerprint density at radius 3 is 1.88 bits per heavy atom. The van der Waals surface area contributed by atoms with Crippen LogP contribution in [0.2, 0.25) is 0 Å². The summed E-state index contributed by atoms with van der Waals surface area (Å²) in [5.74, 6) is 1.70. The van der Waals surface area contributed by atoms with Crippen LogP contribution in [-0.2, 0) is 19.8 Å². The molecular formula is C22H22O4. The maximum atomic E-state index is 9.75. The lowest BCUT2D eigenvalue weighted by atomic mass is 10.1. The van der Waals surface area contributed by atoms with Crippen molar-refractivity contribution in [2.45, 2.75) is 19.8 Å². The Morgan fingerprint density at radius 2 is 1.35 bits per heavy atom. The fourth-order valence-electron chi connectivity index (χ4n) is 2.62. The summed E-state index contributed by atoms with van der Waals surface area (Å²) in [4.78, 5) is 0. The van der Waals surface area contributed by atoms with E-state index < -0.39 is 0 Å². The van der Waals surface area contributed by atoms with Crippen molar-refractivity contribution in [3.63, 3.8) is 0 Å². The highest BCUT2D eigenvalue weighted by atomic mass is 16.5. The van der Waals surface area contributed by atoms with E-state index >= 15 is 0 Å². The van der Waals surface area contributed by atoms with Gasteiger partial charge in [-0.2, -0.15) is 0 Å². The van der Waals surface area contributed by atoms with E-state index in [0.717, 1.165) is 11.1 Å². The van der Waals surface area contributed by atoms with Crippen molar-refractivity contribution in [2.75, 3.05) is 7.11 Å². The van der Waals surface area contributed by atoms with Gasteiger partial charge in [-0.15, -0.1) is 0 Å². The van der Waals surface area contributed by atoms with Crippen molar-refractivity contribution >= 4 is 0 Å². The first-order valence-electron chi connectivity index (χ1n) is 8.45. The summed E-state index contributed by atoms with van der Waals surface area (Å²) in [6.45, 7) is 0.677. The molecular weight excluding hydrogens is 328 g/mol. The number of rotatable bonds is 8. The lowest BCUT2D eigenvalue weighted by Crippen LogP contribution is -2.03. The van der Waals surface area contributed by atoms with E-state index in [9.17, 15) is 5.11 Å². The molecule has 3 aromatic rings. The molecule has 0 aliphatic heterocycles. The van der Waals surface area contributed by atoms with Gasteiger partial charge in [0.05, 0.1) is 13.7 Å². The Hall–Kier alpha value is -2.98. The second-order valence-electron chi connectivity index (χ2n) is 5.82. The van der Waals surface area contributed by atoms with E-state index in [1.54, 1.807) is 19.2 Å².